The summed E-state index contributed by atoms with van der Waals surface area (Å²) in [7, 11) is 2.10. The predicted octanol–water partition coefficient (Wildman–Crippen LogP) is 4.29. The van der Waals surface area contributed by atoms with Crippen LogP contribution in [-0.4, -0.2) is 51.9 Å². The van der Waals surface area contributed by atoms with Gasteiger partial charge >= 0.3 is 0 Å². The molecule has 34 heavy (non-hydrogen) atoms. The molecule has 1 aliphatic rings. The van der Waals surface area contributed by atoms with Gasteiger partial charge in [0, 0.05) is 35.9 Å². The topological polar surface area (TPSA) is 95.1 Å². The highest BCUT2D eigenvalue weighted by Gasteiger charge is 2.22. The number of para-hydroxylation sites is 1. The van der Waals surface area contributed by atoms with Crippen LogP contribution >= 0.6 is 0 Å². The Kier molecular flexibility index (Phi) is 5.88. The van der Waals surface area contributed by atoms with Crippen molar-refractivity contribution in [2.75, 3.05) is 36.1 Å². The van der Waals surface area contributed by atoms with Gasteiger partial charge in [0.1, 0.15) is 5.82 Å². The fraction of sp³-hybridized carbons (Fsp3) is 0.154. The van der Waals surface area contributed by atoms with E-state index in [0.29, 0.717) is 17.7 Å². The molecule has 1 amide bonds. The molecule has 3 N–H and O–H groups in total. The summed E-state index contributed by atoms with van der Waals surface area (Å²) in [6.45, 7) is 5.56. The number of amides is 1. The Morgan fingerprint density at radius 1 is 1.06 bits per heavy atom. The van der Waals surface area contributed by atoms with Gasteiger partial charge in [0.05, 0.1) is 23.4 Å². The molecule has 4 aromatic rings. The summed E-state index contributed by atoms with van der Waals surface area (Å²) in [4.78, 5) is 27.7. The van der Waals surface area contributed by atoms with Crippen LogP contribution in [0.4, 0.5) is 23.1 Å². The fourth-order valence-electron chi connectivity index (χ4n) is 3.99. The number of likely N-dealkylation sites (N-methyl/N-ethyl adjacent to an activating group) is 1. The molecule has 0 spiro atoms. The van der Waals surface area contributed by atoms with Crippen LogP contribution in [0.1, 0.15) is 0 Å². The molecule has 0 bridgehead atoms. The lowest BCUT2D eigenvalue weighted by molar-refractivity contribution is -0.111. The van der Waals surface area contributed by atoms with Gasteiger partial charge in [-0.15, -0.1) is 0 Å². The van der Waals surface area contributed by atoms with Gasteiger partial charge in [-0.3, -0.25) is 4.79 Å². The first kappa shape index (κ1) is 21.5. The average molecular weight is 452 g/mol. The molecule has 3 heterocycles. The zero-order chi connectivity index (χ0) is 23.5. The maximum Gasteiger partial charge on any atom is 0.247 e. The maximum absolute atomic E-state index is 11.7. The van der Waals surface area contributed by atoms with E-state index < -0.39 is 0 Å². The lowest BCUT2D eigenvalue weighted by Crippen LogP contribution is -2.52. The van der Waals surface area contributed by atoms with Gasteiger partial charge in [-0.05, 0) is 43.0 Å². The highest BCUT2D eigenvalue weighted by atomic mass is 16.1. The fourth-order valence-corrected chi connectivity index (χ4v) is 3.99. The summed E-state index contributed by atoms with van der Waals surface area (Å²) in [6, 6.07) is 18.0. The van der Waals surface area contributed by atoms with E-state index in [1.165, 1.54) is 6.08 Å². The third kappa shape index (κ3) is 4.72. The number of aromatic nitrogens is 3. The van der Waals surface area contributed by atoms with E-state index >= 15 is 0 Å². The Bertz CT molecular complexity index is 1350. The lowest BCUT2D eigenvalue weighted by atomic mass is 10.0. The van der Waals surface area contributed by atoms with Crippen LogP contribution in [0.3, 0.4) is 0 Å². The Morgan fingerprint density at radius 3 is 2.68 bits per heavy atom. The zero-order valence-corrected chi connectivity index (χ0v) is 18.8. The van der Waals surface area contributed by atoms with E-state index in [1.807, 2.05) is 54.6 Å². The quantitative estimate of drug-likeness (QED) is 0.361. The SMILES string of the molecule is C=CC(=O)Nc1cccc(-c2cccc3cnc(Nc4ccc(NC5CN(C)C5)nc4)nc23)c1. The molecule has 1 aliphatic heterocycles. The molecule has 1 saturated heterocycles. The summed E-state index contributed by atoms with van der Waals surface area (Å²) >= 11 is 0. The molecule has 170 valence electrons. The Balaban J connectivity index is 1.38. The van der Waals surface area contributed by atoms with Crippen molar-refractivity contribution < 1.29 is 4.79 Å². The zero-order valence-electron chi connectivity index (χ0n) is 18.8. The van der Waals surface area contributed by atoms with E-state index in [1.54, 1.807) is 12.4 Å². The van der Waals surface area contributed by atoms with Crippen molar-refractivity contribution in [1.29, 1.82) is 0 Å². The first-order chi connectivity index (χ1) is 16.6. The molecule has 8 heteroatoms. The van der Waals surface area contributed by atoms with Gasteiger partial charge in [0.15, 0.2) is 0 Å². The largest absolute Gasteiger partial charge is 0.365 e. The summed E-state index contributed by atoms with van der Waals surface area (Å²) < 4.78 is 0. The van der Waals surface area contributed by atoms with E-state index in [-0.39, 0.29) is 5.91 Å². The van der Waals surface area contributed by atoms with Gasteiger partial charge in [-0.2, -0.15) is 0 Å². The van der Waals surface area contributed by atoms with Crippen molar-refractivity contribution in [3.63, 3.8) is 0 Å². The van der Waals surface area contributed by atoms with E-state index in [0.717, 1.165) is 46.6 Å². The number of hydrogen-bond donors (Lipinski definition) is 3. The molecule has 0 aliphatic carbocycles. The highest BCUT2D eigenvalue weighted by molar-refractivity contribution is 6.00. The first-order valence-electron chi connectivity index (χ1n) is 11.1. The number of rotatable bonds is 7. The minimum absolute atomic E-state index is 0.251. The van der Waals surface area contributed by atoms with Gasteiger partial charge < -0.3 is 20.9 Å². The molecule has 2 aromatic heterocycles. The average Bonchev–Trinajstić information content (AvgIpc) is 2.84. The minimum atomic E-state index is -0.251. The van der Waals surface area contributed by atoms with Gasteiger partial charge in [0.2, 0.25) is 11.9 Å². The second kappa shape index (κ2) is 9.29. The van der Waals surface area contributed by atoms with E-state index in [2.05, 4.69) is 44.4 Å². The molecule has 0 unspecified atom stereocenters. The van der Waals surface area contributed by atoms with Crippen LogP contribution in [-0.2, 0) is 4.79 Å². The standard InChI is InChI=1S/C26H25N7O/c1-3-24(34)30-19-8-4-6-17(12-19)22-9-5-7-18-13-28-26(32-25(18)22)31-20-10-11-23(27-14-20)29-21-15-33(2)16-21/h3-14,21H,1,15-16H2,2H3,(H,27,29)(H,30,34)(H,28,31,32). The minimum Gasteiger partial charge on any atom is -0.365 e. The van der Waals surface area contributed by atoms with Crippen LogP contribution in [0.2, 0.25) is 0 Å². The van der Waals surface area contributed by atoms with Crippen molar-refractivity contribution >= 4 is 40.0 Å². The van der Waals surface area contributed by atoms with Gasteiger partial charge in [-0.25, -0.2) is 15.0 Å². The number of likely N-dealkylation sites (tertiary alicyclic amines) is 1. The van der Waals surface area contributed by atoms with E-state index in [9.17, 15) is 4.79 Å². The first-order valence-corrected chi connectivity index (χ1v) is 11.1. The summed E-state index contributed by atoms with van der Waals surface area (Å²) in [6.07, 6.45) is 4.82. The predicted molar refractivity (Wildman–Crippen MR) is 136 cm³/mol. The van der Waals surface area contributed by atoms with Crippen molar-refractivity contribution in [1.82, 2.24) is 19.9 Å². The second-order valence-electron chi connectivity index (χ2n) is 8.33. The normalized spacial score (nSPS) is 13.8. The smallest absolute Gasteiger partial charge is 0.247 e. The molecule has 0 atom stereocenters. The number of fused-ring (bicyclic) bond motifs is 1. The van der Waals surface area contributed by atoms with Gasteiger partial charge in [0.25, 0.3) is 0 Å². The summed E-state index contributed by atoms with van der Waals surface area (Å²) in [5.41, 5.74) is 4.20. The molecule has 1 fully saturated rings. The number of nitrogens with one attached hydrogen (secondary N) is 3. The number of nitrogens with zero attached hydrogens (tertiary/aromatic N) is 4. The molecular formula is C26H25N7O. The lowest BCUT2D eigenvalue weighted by Gasteiger charge is -2.36. The highest BCUT2D eigenvalue weighted by Crippen LogP contribution is 2.30. The Hall–Kier alpha value is -4.30. The number of carbonyl (C=O) groups excluding carboxylic acids is 1. The molecule has 5 rings (SSSR count). The van der Waals surface area contributed by atoms with Gasteiger partial charge in [-0.1, -0.05) is 36.9 Å². The van der Waals surface area contributed by atoms with Crippen LogP contribution in [0.25, 0.3) is 22.0 Å². The maximum atomic E-state index is 11.7. The number of benzene rings is 2. The number of pyridine rings is 1. The van der Waals surface area contributed by atoms with Crippen molar-refractivity contribution in [2.45, 2.75) is 6.04 Å². The molecule has 0 saturated carbocycles. The van der Waals surface area contributed by atoms with Crippen LogP contribution in [0.5, 0.6) is 0 Å². The van der Waals surface area contributed by atoms with Crippen LogP contribution in [0.15, 0.2) is 79.6 Å². The van der Waals surface area contributed by atoms with Crippen LogP contribution < -0.4 is 16.0 Å². The number of hydrogen-bond acceptors (Lipinski definition) is 7. The van der Waals surface area contributed by atoms with Crippen LogP contribution in [0, 0.1) is 0 Å². The second-order valence-corrected chi connectivity index (χ2v) is 8.33. The number of anilines is 4. The van der Waals surface area contributed by atoms with E-state index in [4.69, 9.17) is 4.98 Å². The molecular weight excluding hydrogens is 426 g/mol. The molecule has 0 radical (unpaired) electrons. The molecule has 8 nitrogen and oxygen atoms in total. The third-order valence-corrected chi connectivity index (χ3v) is 5.67. The third-order valence-electron chi connectivity index (χ3n) is 5.67. The molecule has 2 aromatic carbocycles. The number of carbonyl (C=O) groups is 1. The van der Waals surface area contributed by atoms with Crippen molar-refractivity contribution in [3.05, 3.63) is 79.6 Å². The Morgan fingerprint density at radius 2 is 1.91 bits per heavy atom. The summed E-state index contributed by atoms with van der Waals surface area (Å²) in [5.74, 6) is 1.09. The Labute approximate surface area is 197 Å². The monoisotopic (exact) mass is 451 g/mol. The van der Waals surface area contributed by atoms with Crippen molar-refractivity contribution in [2.24, 2.45) is 0 Å². The summed E-state index contributed by atoms with van der Waals surface area (Å²) in [5, 5.41) is 10.4. The van der Waals surface area contributed by atoms with Crippen molar-refractivity contribution in [3.8, 4) is 11.1 Å².